The van der Waals surface area contributed by atoms with Crippen LogP contribution in [0.15, 0.2) is 43.0 Å². The largest absolute Gasteiger partial charge is 0.496 e. The van der Waals surface area contributed by atoms with Gasteiger partial charge in [-0.25, -0.2) is 9.97 Å². The van der Waals surface area contributed by atoms with Gasteiger partial charge in [0.2, 0.25) is 5.91 Å². The number of rotatable bonds is 11. The quantitative estimate of drug-likeness (QED) is 0.199. The van der Waals surface area contributed by atoms with Gasteiger partial charge in [-0.15, -0.1) is 0 Å². The van der Waals surface area contributed by atoms with E-state index in [9.17, 15) is 9.59 Å². The number of methoxy groups -OCH3 is 1. The zero-order chi connectivity index (χ0) is 33.2. The van der Waals surface area contributed by atoms with Crippen LogP contribution in [-0.2, 0) is 19.7 Å². The fraction of sp³-hybridized carbons (Fsp3) is 0.605. The van der Waals surface area contributed by atoms with Gasteiger partial charge in [-0.05, 0) is 126 Å². The van der Waals surface area contributed by atoms with Gasteiger partial charge < -0.3 is 9.47 Å². The van der Waals surface area contributed by atoms with E-state index in [0.717, 1.165) is 81.2 Å². The van der Waals surface area contributed by atoms with Crippen molar-refractivity contribution in [2.24, 2.45) is 17.3 Å². The molecule has 9 heteroatoms. The second kappa shape index (κ2) is 13.8. The van der Waals surface area contributed by atoms with Crippen LogP contribution >= 0.6 is 0 Å². The Kier molecular flexibility index (Phi) is 9.72. The number of nitrogens with zero attached hydrogens (tertiary/aromatic N) is 5. The van der Waals surface area contributed by atoms with E-state index >= 15 is 0 Å². The van der Waals surface area contributed by atoms with Crippen molar-refractivity contribution in [2.45, 2.75) is 110 Å². The molecule has 0 saturated heterocycles. The Morgan fingerprint density at radius 2 is 1.74 bits per heavy atom. The normalized spacial score (nSPS) is 25.5. The van der Waals surface area contributed by atoms with Crippen LogP contribution in [-0.4, -0.2) is 51.9 Å². The standard InChI is InChI=1S/C38H51N5O4/c1-6-47-35(44)20-28-7-9-29(10-8-28)36(45)42(34-21-32(39-25-40-34)30-22-41-43(23-30)26(2)3)24-37-13-16-38(17-14-37,18-15-37)31-11-12-33(46-5)27(4)19-31/h11-12,19,21-23,25-26,28-29H,6-10,13-18,20,24H2,1-5H3/t28-,29-,37?,38?. The first-order valence-electron chi connectivity index (χ1n) is 17.6. The van der Waals surface area contributed by atoms with E-state index in [4.69, 9.17) is 14.5 Å². The van der Waals surface area contributed by atoms with Crippen molar-refractivity contribution < 1.29 is 19.1 Å². The number of anilines is 1. The van der Waals surface area contributed by atoms with Gasteiger partial charge in [0.05, 0.1) is 25.6 Å². The number of aryl methyl sites for hydroxylation is 1. The van der Waals surface area contributed by atoms with Crippen LogP contribution in [0.5, 0.6) is 5.75 Å². The predicted molar refractivity (Wildman–Crippen MR) is 182 cm³/mol. The van der Waals surface area contributed by atoms with E-state index in [-0.39, 0.29) is 40.6 Å². The first-order chi connectivity index (χ1) is 22.6. The lowest BCUT2D eigenvalue weighted by Crippen LogP contribution is -2.52. The molecule has 4 saturated carbocycles. The minimum absolute atomic E-state index is 0.0632. The molecule has 4 aliphatic rings. The Hall–Kier alpha value is -3.75. The number of esters is 1. The second-order valence-electron chi connectivity index (χ2n) is 14.7. The molecule has 2 heterocycles. The molecule has 0 atom stereocenters. The van der Waals surface area contributed by atoms with Crippen LogP contribution in [0.25, 0.3) is 11.3 Å². The zero-order valence-electron chi connectivity index (χ0n) is 28.8. The molecule has 2 aromatic heterocycles. The van der Waals surface area contributed by atoms with Crippen molar-refractivity contribution in [3.63, 3.8) is 0 Å². The summed E-state index contributed by atoms with van der Waals surface area (Å²) in [6.07, 6.45) is 15.8. The smallest absolute Gasteiger partial charge is 0.306 e. The number of ether oxygens (including phenoxy) is 2. The average molecular weight is 642 g/mol. The average Bonchev–Trinajstić information content (AvgIpc) is 3.60. The lowest BCUT2D eigenvalue weighted by atomic mass is 9.51. The Bertz CT molecular complexity index is 1550. The van der Waals surface area contributed by atoms with Gasteiger partial charge in [-0.3, -0.25) is 19.2 Å². The van der Waals surface area contributed by atoms with Crippen molar-refractivity contribution in [3.8, 4) is 17.0 Å². The van der Waals surface area contributed by atoms with E-state index in [1.165, 1.54) is 11.1 Å². The van der Waals surface area contributed by atoms with E-state index in [1.54, 1.807) is 13.4 Å². The molecule has 0 N–H and O–H groups in total. The predicted octanol–water partition coefficient (Wildman–Crippen LogP) is 7.62. The molecule has 2 bridgehead atoms. The minimum Gasteiger partial charge on any atom is -0.496 e. The molecule has 1 aromatic carbocycles. The maximum Gasteiger partial charge on any atom is 0.306 e. The molecule has 4 aliphatic carbocycles. The topological polar surface area (TPSA) is 99.4 Å². The van der Waals surface area contributed by atoms with Gasteiger partial charge in [0.15, 0.2) is 0 Å². The highest BCUT2D eigenvalue weighted by Gasteiger charge is 2.51. The van der Waals surface area contributed by atoms with Crippen LogP contribution in [0.3, 0.4) is 0 Å². The van der Waals surface area contributed by atoms with Gasteiger partial charge in [-0.1, -0.05) is 12.1 Å². The highest BCUT2D eigenvalue weighted by Crippen LogP contribution is 2.58. The molecule has 0 spiro atoms. The van der Waals surface area contributed by atoms with Crippen molar-refractivity contribution in [1.29, 1.82) is 0 Å². The summed E-state index contributed by atoms with van der Waals surface area (Å²) >= 11 is 0. The van der Waals surface area contributed by atoms with Crippen LogP contribution in [0.4, 0.5) is 5.82 Å². The van der Waals surface area contributed by atoms with Gasteiger partial charge >= 0.3 is 5.97 Å². The van der Waals surface area contributed by atoms with Gasteiger partial charge in [0, 0.05) is 42.8 Å². The summed E-state index contributed by atoms with van der Waals surface area (Å²) in [7, 11) is 1.73. The highest BCUT2D eigenvalue weighted by molar-refractivity contribution is 5.94. The second-order valence-corrected chi connectivity index (χ2v) is 14.7. The number of fused-ring (bicyclic) bond motifs is 3. The summed E-state index contributed by atoms with van der Waals surface area (Å²) in [6.45, 7) is 9.25. The van der Waals surface area contributed by atoms with Gasteiger partial charge in [-0.2, -0.15) is 5.10 Å². The maximum absolute atomic E-state index is 14.5. The molecule has 0 radical (unpaired) electrons. The molecule has 7 rings (SSSR count). The Balaban J connectivity index is 1.23. The lowest BCUT2D eigenvalue weighted by molar-refractivity contribution is -0.144. The number of aromatic nitrogens is 4. The molecule has 9 nitrogen and oxygen atoms in total. The fourth-order valence-corrected chi connectivity index (χ4v) is 8.44. The van der Waals surface area contributed by atoms with Crippen LogP contribution in [0, 0.1) is 24.2 Å². The third-order valence-electron chi connectivity index (χ3n) is 11.5. The number of hydrogen-bond donors (Lipinski definition) is 0. The lowest BCUT2D eigenvalue weighted by Gasteiger charge is -2.55. The van der Waals surface area contributed by atoms with E-state index in [0.29, 0.717) is 25.4 Å². The molecule has 47 heavy (non-hydrogen) atoms. The maximum atomic E-state index is 14.5. The summed E-state index contributed by atoms with van der Waals surface area (Å²) in [5.74, 6) is 1.84. The van der Waals surface area contributed by atoms with Crippen LogP contribution < -0.4 is 9.64 Å². The summed E-state index contributed by atoms with van der Waals surface area (Å²) in [4.78, 5) is 38.0. The molecule has 252 valence electrons. The van der Waals surface area contributed by atoms with E-state index in [1.807, 2.05) is 35.0 Å². The SMILES string of the molecule is CCOC(=O)C[C@H]1CC[C@H](C(=O)N(CC23CCC(c4ccc(OC)c(C)c4)(CC2)CC3)c2cc(-c3cnn(C(C)C)c3)ncn2)CC1. The van der Waals surface area contributed by atoms with Gasteiger partial charge in [0.1, 0.15) is 17.9 Å². The minimum atomic E-state index is -0.132. The van der Waals surface area contributed by atoms with E-state index < -0.39 is 0 Å². The highest BCUT2D eigenvalue weighted by atomic mass is 16.5. The fourth-order valence-electron chi connectivity index (χ4n) is 8.44. The van der Waals surface area contributed by atoms with Crippen molar-refractivity contribution in [1.82, 2.24) is 19.7 Å². The number of hydrogen-bond acceptors (Lipinski definition) is 7. The summed E-state index contributed by atoms with van der Waals surface area (Å²) in [6, 6.07) is 8.93. The number of benzene rings is 1. The van der Waals surface area contributed by atoms with Gasteiger partial charge in [0.25, 0.3) is 0 Å². The number of carbonyl (C=O) groups is 2. The molecule has 1 amide bonds. The summed E-state index contributed by atoms with van der Waals surface area (Å²) in [5.41, 5.74) is 4.57. The first kappa shape index (κ1) is 33.2. The Morgan fingerprint density at radius 3 is 2.36 bits per heavy atom. The molecule has 0 unspecified atom stereocenters. The van der Waals surface area contributed by atoms with E-state index in [2.05, 4.69) is 49.1 Å². The zero-order valence-corrected chi connectivity index (χ0v) is 28.8. The van der Waals surface area contributed by atoms with Crippen LogP contribution in [0.2, 0.25) is 0 Å². The molecular weight excluding hydrogens is 590 g/mol. The number of carbonyl (C=O) groups excluding carboxylic acids is 2. The first-order valence-corrected chi connectivity index (χ1v) is 17.6. The Morgan fingerprint density at radius 1 is 1.02 bits per heavy atom. The third-order valence-corrected chi connectivity index (χ3v) is 11.5. The molecule has 4 fully saturated rings. The number of amides is 1. The monoisotopic (exact) mass is 641 g/mol. The summed E-state index contributed by atoms with van der Waals surface area (Å²) in [5, 5.41) is 4.52. The van der Waals surface area contributed by atoms with Crippen molar-refractivity contribution in [2.75, 3.05) is 25.2 Å². The molecule has 0 aliphatic heterocycles. The van der Waals surface area contributed by atoms with Crippen molar-refractivity contribution in [3.05, 3.63) is 54.1 Å². The Labute approximate surface area is 279 Å². The third kappa shape index (κ3) is 6.95. The van der Waals surface area contributed by atoms with Crippen molar-refractivity contribution >= 4 is 17.7 Å². The molecule has 3 aromatic rings. The van der Waals surface area contributed by atoms with Crippen LogP contribution in [0.1, 0.15) is 109 Å². The summed E-state index contributed by atoms with van der Waals surface area (Å²) < 4.78 is 12.7. The molecular formula is C38H51N5O4.